The van der Waals surface area contributed by atoms with Gasteiger partial charge in [-0.3, -0.25) is 9.78 Å². The smallest absolute Gasteiger partial charge is 0.335 e. The molecule has 1 fully saturated rings. The molecule has 23 heavy (non-hydrogen) atoms. The van der Waals surface area contributed by atoms with Gasteiger partial charge in [0, 0.05) is 24.5 Å². The number of nitrogens with zero attached hydrogens (tertiary/aromatic N) is 2. The zero-order valence-corrected chi connectivity index (χ0v) is 12.5. The topological polar surface area (TPSA) is 94.3 Å². The van der Waals surface area contributed by atoms with Crippen molar-refractivity contribution in [1.29, 1.82) is 0 Å². The number of carbonyl (C=O) groups excluding carboxylic acids is 1. The van der Waals surface area contributed by atoms with Crippen LogP contribution in [0.4, 0.5) is 0 Å². The van der Waals surface area contributed by atoms with E-state index in [4.69, 9.17) is 9.15 Å². The van der Waals surface area contributed by atoms with Crippen LogP contribution in [0.3, 0.4) is 0 Å². The molecule has 7 nitrogen and oxygen atoms in total. The molecule has 0 aliphatic heterocycles. The van der Waals surface area contributed by atoms with Gasteiger partial charge < -0.3 is 14.5 Å². The van der Waals surface area contributed by atoms with Crippen LogP contribution < -0.4 is 15.7 Å². The van der Waals surface area contributed by atoms with Crippen LogP contribution >= 0.6 is 0 Å². The minimum Gasteiger partial charge on any atom is -0.473 e. The van der Waals surface area contributed by atoms with E-state index >= 15 is 0 Å². The average molecular weight is 315 g/mol. The Hall–Kier alpha value is -2.70. The molecule has 2 aromatic rings. The lowest BCUT2D eigenvalue weighted by molar-refractivity contribution is 0.0887. The summed E-state index contributed by atoms with van der Waals surface area (Å²) in [6, 6.07) is 2.79. The monoisotopic (exact) mass is 315 g/mol. The molecule has 2 aromatic heterocycles. The zero-order valence-electron chi connectivity index (χ0n) is 12.5. The SMILES string of the molecule is O=C(NC1CCC(Oc2cnccn2)CC1)c1ccc(=O)oc1. The number of hydrogen-bond donors (Lipinski definition) is 1. The van der Waals surface area contributed by atoms with Crippen molar-refractivity contribution in [3.8, 4) is 5.88 Å². The van der Waals surface area contributed by atoms with Gasteiger partial charge in [0.05, 0.1) is 11.8 Å². The highest BCUT2D eigenvalue weighted by Crippen LogP contribution is 2.22. The molecule has 0 radical (unpaired) electrons. The van der Waals surface area contributed by atoms with Crippen molar-refractivity contribution >= 4 is 5.91 Å². The van der Waals surface area contributed by atoms with Crippen molar-refractivity contribution in [2.75, 3.05) is 0 Å². The Morgan fingerprint density at radius 3 is 2.70 bits per heavy atom. The van der Waals surface area contributed by atoms with Crippen LogP contribution in [0.5, 0.6) is 5.88 Å². The predicted octanol–water partition coefficient (Wildman–Crippen LogP) is 1.55. The van der Waals surface area contributed by atoms with E-state index in [1.165, 1.54) is 18.4 Å². The Morgan fingerprint density at radius 2 is 2.04 bits per heavy atom. The summed E-state index contributed by atoms with van der Waals surface area (Å²) in [5.74, 6) is 0.298. The van der Waals surface area contributed by atoms with Crippen molar-refractivity contribution < 1.29 is 13.9 Å². The molecular weight excluding hydrogens is 298 g/mol. The summed E-state index contributed by atoms with van der Waals surface area (Å²) < 4.78 is 10.5. The number of ether oxygens (including phenoxy) is 1. The Labute approximate surface area is 132 Å². The second-order valence-electron chi connectivity index (χ2n) is 5.45. The zero-order chi connectivity index (χ0) is 16.1. The highest BCUT2D eigenvalue weighted by atomic mass is 16.5. The van der Waals surface area contributed by atoms with E-state index in [0.29, 0.717) is 11.4 Å². The normalized spacial score (nSPS) is 20.7. The first-order valence-corrected chi connectivity index (χ1v) is 7.53. The van der Waals surface area contributed by atoms with Crippen LogP contribution in [0.25, 0.3) is 0 Å². The van der Waals surface area contributed by atoms with Crippen LogP contribution in [-0.4, -0.2) is 28.0 Å². The fraction of sp³-hybridized carbons (Fsp3) is 0.375. The predicted molar refractivity (Wildman–Crippen MR) is 81.1 cm³/mol. The molecule has 0 saturated heterocycles. The van der Waals surface area contributed by atoms with Gasteiger partial charge in [0.1, 0.15) is 12.4 Å². The highest BCUT2D eigenvalue weighted by molar-refractivity contribution is 5.93. The minimum absolute atomic E-state index is 0.0922. The lowest BCUT2D eigenvalue weighted by Crippen LogP contribution is -2.39. The van der Waals surface area contributed by atoms with Gasteiger partial charge in [-0.25, -0.2) is 9.78 Å². The van der Waals surface area contributed by atoms with Crippen LogP contribution in [0.15, 0.2) is 46.2 Å². The van der Waals surface area contributed by atoms with Crippen molar-refractivity contribution in [3.05, 3.63) is 53.0 Å². The average Bonchev–Trinajstić information content (AvgIpc) is 2.58. The maximum absolute atomic E-state index is 12.1. The Balaban J connectivity index is 1.48. The maximum Gasteiger partial charge on any atom is 0.335 e. The summed E-state index contributed by atoms with van der Waals surface area (Å²) in [7, 11) is 0. The third-order valence-corrected chi connectivity index (χ3v) is 3.80. The number of amides is 1. The molecule has 1 saturated carbocycles. The van der Waals surface area contributed by atoms with Crippen molar-refractivity contribution in [3.63, 3.8) is 0 Å². The second-order valence-corrected chi connectivity index (χ2v) is 5.45. The molecule has 0 atom stereocenters. The van der Waals surface area contributed by atoms with E-state index in [0.717, 1.165) is 25.7 Å². The van der Waals surface area contributed by atoms with Gasteiger partial charge in [0.25, 0.3) is 5.91 Å². The largest absolute Gasteiger partial charge is 0.473 e. The van der Waals surface area contributed by atoms with Crippen molar-refractivity contribution in [1.82, 2.24) is 15.3 Å². The lowest BCUT2D eigenvalue weighted by atomic mass is 9.93. The van der Waals surface area contributed by atoms with Crippen LogP contribution in [0, 0.1) is 0 Å². The van der Waals surface area contributed by atoms with Gasteiger partial charge >= 0.3 is 5.63 Å². The van der Waals surface area contributed by atoms with Gasteiger partial charge in [-0.1, -0.05) is 0 Å². The quantitative estimate of drug-likeness (QED) is 0.920. The fourth-order valence-corrected chi connectivity index (χ4v) is 2.60. The summed E-state index contributed by atoms with van der Waals surface area (Å²) in [6.07, 6.45) is 9.40. The summed E-state index contributed by atoms with van der Waals surface area (Å²) in [5, 5.41) is 2.95. The minimum atomic E-state index is -0.469. The second kappa shape index (κ2) is 7.04. The summed E-state index contributed by atoms with van der Waals surface area (Å²) in [4.78, 5) is 31.0. The summed E-state index contributed by atoms with van der Waals surface area (Å²) in [6.45, 7) is 0. The maximum atomic E-state index is 12.1. The van der Waals surface area contributed by atoms with Gasteiger partial charge in [0.15, 0.2) is 0 Å². The molecule has 0 spiro atoms. The number of aromatic nitrogens is 2. The van der Waals surface area contributed by atoms with Crippen molar-refractivity contribution in [2.45, 2.75) is 37.8 Å². The number of carbonyl (C=O) groups is 1. The molecule has 0 unspecified atom stereocenters. The van der Waals surface area contributed by atoms with Gasteiger partial charge in [0.2, 0.25) is 5.88 Å². The molecule has 1 N–H and O–H groups in total. The fourth-order valence-electron chi connectivity index (χ4n) is 2.60. The molecule has 1 aliphatic carbocycles. The van der Waals surface area contributed by atoms with Crippen LogP contribution in [0.1, 0.15) is 36.0 Å². The molecule has 7 heteroatoms. The molecule has 1 aliphatic rings. The van der Waals surface area contributed by atoms with E-state index in [9.17, 15) is 9.59 Å². The first-order chi connectivity index (χ1) is 11.2. The number of rotatable bonds is 4. The lowest BCUT2D eigenvalue weighted by Gasteiger charge is -2.29. The highest BCUT2D eigenvalue weighted by Gasteiger charge is 2.24. The molecule has 0 aromatic carbocycles. The van der Waals surface area contributed by atoms with E-state index in [2.05, 4.69) is 15.3 Å². The third-order valence-electron chi connectivity index (χ3n) is 3.80. The molecular formula is C16H17N3O4. The first-order valence-electron chi connectivity index (χ1n) is 7.53. The van der Waals surface area contributed by atoms with Crippen molar-refractivity contribution in [2.24, 2.45) is 0 Å². The van der Waals surface area contributed by atoms with Crippen LogP contribution in [0.2, 0.25) is 0 Å². The molecule has 120 valence electrons. The van der Waals surface area contributed by atoms with E-state index in [1.54, 1.807) is 18.6 Å². The molecule has 3 rings (SSSR count). The Bertz CT molecular complexity index is 688. The Morgan fingerprint density at radius 1 is 1.22 bits per heavy atom. The third kappa shape index (κ3) is 4.15. The Kier molecular flexibility index (Phi) is 4.65. The first kappa shape index (κ1) is 15.2. The standard InChI is InChI=1S/C16H17N3O4/c20-15-6-1-11(10-22-15)16(21)19-12-2-4-13(5-3-12)23-14-9-17-7-8-18-14/h1,6-10,12-13H,2-5H2,(H,19,21). The van der Waals surface area contributed by atoms with Gasteiger partial charge in [-0.15, -0.1) is 0 Å². The number of hydrogen-bond acceptors (Lipinski definition) is 6. The van der Waals surface area contributed by atoms with Gasteiger partial charge in [-0.05, 0) is 31.7 Å². The molecule has 1 amide bonds. The van der Waals surface area contributed by atoms with E-state index < -0.39 is 5.63 Å². The van der Waals surface area contributed by atoms with Crippen LogP contribution in [-0.2, 0) is 0 Å². The van der Waals surface area contributed by atoms with E-state index in [1.807, 2.05) is 0 Å². The summed E-state index contributed by atoms with van der Waals surface area (Å²) in [5.41, 5.74) is -0.120. The van der Waals surface area contributed by atoms with Gasteiger partial charge in [-0.2, -0.15) is 0 Å². The molecule has 0 bridgehead atoms. The number of nitrogens with one attached hydrogen (secondary N) is 1. The molecule has 2 heterocycles. The summed E-state index contributed by atoms with van der Waals surface area (Å²) >= 11 is 0. The van der Waals surface area contributed by atoms with E-state index in [-0.39, 0.29) is 18.1 Å².